The zero-order chi connectivity index (χ0) is 16.1. The van der Waals surface area contributed by atoms with Gasteiger partial charge in [-0.2, -0.15) is 5.10 Å². The van der Waals surface area contributed by atoms with E-state index >= 15 is 0 Å². The summed E-state index contributed by atoms with van der Waals surface area (Å²) in [6.07, 6.45) is 1.76. The minimum atomic E-state index is 0.464. The van der Waals surface area contributed by atoms with Crippen molar-refractivity contribution in [3.8, 4) is 0 Å². The van der Waals surface area contributed by atoms with Gasteiger partial charge in [0.15, 0.2) is 5.11 Å². The maximum absolute atomic E-state index is 5.23. The van der Waals surface area contributed by atoms with Gasteiger partial charge in [0.05, 0.1) is 6.21 Å². The van der Waals surface area contributed by atoms with Crippen molar-refractivity contribution >= 4 is 40.0 Å². The molecule has 3 nitrogen and oxygen atoms in total. The van der Waals surface area contributed by atoms with Crippen molar-refractivity contribution in [2.45, 2.75) is 6.92 Å². The van der Waals surface area contributed by atoms with Crippen molar-refractivity contribution in [3.63, 3.8) is 0 Å². The molecule has 0 saturated heterocycles. The lowest BCUT2D eigenvalue weighted by Gasteiger charge is -2.07. The van der Waals surface area contributed by atoms with E-state index < -0.39 is 0 Å². The Morgan fingerprint density at radius 2 is 1.70 bits per heavy atom. The number of aryl methyl sites for hydroxylation is 1. The third kappa shape index (κ3) is 4.14. The van der Waals surface area contributed by atoms with Crippen LogP contribution in [0.1, 0.15) is 11.1 Å². The molecule has 4 heteroatoms. The van der Waals surface area contributed by atoms with E-state index in [1.807, 2.05) is 49.4 Å². The van der Waals surface area contributed by atoms with Crippen LogP contribution in [-0.4, -0.2) is 11.3 Å². The van der Waals surface area contributed by atoms with Gasteiger partial charge in [0, 0.05) is 5.69 Å². The summed E-state index contributed by atoms with van der Waals surface area (Å²) in [6, 6.07) is 22.5. The van der Waals surface area contributed by atoms with Crippen molar-refractivity contribution in [1.82, 2.24) is 5.43 Å². The number of benzene rings is 3. The van der Waals surface area contributed by atoms with Crippen LogP contribution in [0.15, 0.2) is 71.8 Å². The van der Waals surface area contributed by atoms with Crippen LogP contribution in [0, 0.1) is 6.92 Å². The summed E-state index contributed by atoms with van der Waals surface area (Å²) < 4.78 is 0. The molecule has 0 fully saturated rings. The lowest BCUT2D eigenvalue weighted by Crippen LogP contribution is -2.23. The van der Waals surface area contributed by atoms with Crippen LogP contribution in [0.5, 0.6) is 0 Å². The van der Waals surface area contributed by atoms with Gasteiger partial charge in [0.25, 0.3) is 0 Å². The van der Waals surface area contributed by atoms with E-state index in [9.17, 15) is 0 Å². The van der Waals surface area contributed by atoms with Gasteiger partial charge in [-0.1, -0.05) is 54.1 Å². The Hall–Kier alpha value is -2.72. The molecule has 2 N–H and O–H groups in total. The van der Waals surface area contributed by atoms with Gasteiger partial charge in [0.1, 0.15) is 0 Å². The number of hydrogen-bond donors (Lipinski definition) is 2. The van der Waals surface area contributed by atoms with E-state index in [2.05, 4.69) is 40.1 Å². The number of hydrogen-bond acceptors (Lipinski definition) is 2. The summed E-state index contributed by atoms with van der Waals surface area (Å²) in [5.74, 6) is 0. The molecule has 0 radical (unpaired) electrons. The molecule has 0 atom stereocenters. The highest BCUT2D eigenvalue weighted by Crippen LogP contribution is 2.14. The predicted octanol–water partition coefficient (Wildman–Crippen LogP) is 4.47. The first-order valence-electron chi connectivity index (χ1n) is 7.36. The van der Waals surface area contributed by atoms with E-state index in [0.717, 1.165) is 11.3 Å². The topological polar surface area (TPSA) is 36.4 Å². The molecule has 0 saturated carbocycles. The number of anilines is 1. The van der Waals surface area contributed by atoms with Gasteiger partial charge in [0.2, 0.25) is 0 Å². The van der Waals surface area contributed by atoms with Crippen LogP contribution < -0.4 is 10.7 Å². The largest absolute Gasteiger partial charge is 0.331 e. The highest BCUT2D eigenvalue weighted by Gasteiger charge is 1.96. The molecular weight excluding hydrogens is 302 g/mol. The second-order valence-electron chi connectivity index (χ2n) is 5.30. The van der Waals surface area contributed by atoms with Gasteiger partial charge < -0.3 is 5.32 Å². The molecule has 0 amide bonds. The molecule has 23 heavy (non-hydrogen) atoms. The first-order valence-corrected chi connectivity index (χ1v) is 7.77. The number of nitrogens with one attached hydrogen (secondary N) is 2. The SMILES string of the molecule is Cc1ccc(NC(=S)N/N=C/c2ccc3ccccc3c2)cc1. The van der Waals surface area contributed by atoms with Crippen LogP contribution in [0.4, 0.5) is 5.69 Å². The Labute approximate surface area is 141 Å². The van der Waals surface area contributed by atoms with Gasteiger partial charge >= 0.3 is 0 Å². The van der Waals surface area contributed by atoms with Gasteiger partial charge in [-0.25, -0.2) is 0 Å². The average Bonchev–Trinajstić information content (AvgIpc) is 2.57. The predicted molar refractivity (Wildman–Crippen MR) is 102 cm³/mol. The molecule has 0 aliphatic rings. The number of nitrogens with zero attached hydrogens (tertiary/aromatic N) is 1. The molecule has 3 rings (SSSR count). The molecule has 0 bridgehead atoms. The molecule has 0 aliphatic heterocycles. The van der Waals surface area contributed by atoms with Crippen LogP contribution in [0.2, 0.25) is 0 Å². The molecule has 0 heterocycles. The Morgan fingerprint density at radius 1 is 0.957 bits per heavy atom. The average molecular weight is 319 g/mol. The van der Waals surface area contributed by atoms with E-state index in [1.165, 1.54) is 16.3 Å². The Bertz CT molecular complexity index is 854. The van der Waals surface area contributed by atoms with E-state index in [1.54, 1.807) is 6.21 Å². The zero-order valence-electron chi connectivity index (χ0n) is 12.8. The first-order chi connectivity index (χ1) is 11.2. The lowest BCUT2D eigenvalue weighted by atomic mass is 10.1. The van der Waals surface area contributed by atoms with Crippen molar-refractivity contribution in [2.75, 3.05) is 5.32 Å². The quantitative estimate of drug-likeness (QED) is 0.425. The molecular formula is C19H17N3S. The third-order valence-electron chi connectivity index (χ3n) is 3.46. The van der Waals surface area contributed by atoms with Crippen LogP contribution in [0.25, 0.3) is 10.8 Å². The van der Waals surface area contributed by atoms with Crippen LogP contribution in [-0.2, 0) is 0 Å². The van der Waals surface area contributed by atoms with Crippen molar-refractivity contribution in [3.05, 3.63) is 77.9 Å². The summed E-state index contributed by atoms with van der Waals surface area (Å²) >= 11 is 5.23. The van der Waals surface area contributed by atoms with E-state index in [0.29, 0.717) is 5.11 Å². The fourth-order valence-electron chi connectivity index (χ4n) is 2.25. The van der Waals surface area contributed by atoms with Crippen LogP contribution in [0.3, 0.4) is 0 Å². The number of fused-ring (bicyclic) bond motifs is 1. The number of rotatable bonds is 3. The Balaban J connectivity index is 1.60. The van der Waals surface area contributed by atoms with Crippen molar-refractivity contribution < 1.29 is 0 Å². The van der Waals surface area contributed by atoms with Gasteiger partial charge in [-0.05, 0) is 53.7 Å². The summed E-state index contributed by atoms with van der Waals surface area (Å²) in [5, 5.41) is 10.1. The molecule has 3 aromatic carbocycles. The summed E-state index contributed by atoms with van der Waals surface area (Å²) in [5.41, 5.74) is 6.01. The lowest BCUT2D eigenvalue weighted by molar-refractivity contribution is 1.05. The van der Waals surface area contributed by atoms with Crippen molar-refractivity contribution in [2.24, 2.45) is 5.10 Å². The number of hydrazone groups is 1. The minimum Gasteiger partial charge on any atom is -0.331 e. The Morgan fingerprint density at radius 3 is 2.48 bits per heavy atom. The monoisotopic (exact) mass is 319 g/mol. The zero-order valence-corrected chi connectivity index (χ0v) is 13.6. The molecule has 0 spiro atoms. The maximum atomic E-state index is 5.23. The van der Waals surface area contributed by atoms with Gasteiger partial charge in [-0.15, -0.1) is 0 Å². The minimum absolute atomic E-state index is 0.464. The number of thiocarbonyl (C=S) groups is 1. The normalized spacial score (nSPS) is 10.8. The second kappa shape index (κ2) is 7.03. The third-order valence-corrected chi connectivity index (χ3v) is 3.66. The van der Waals surface area contributed by atoms with Crippen molar-refractivity contribution in [1.29, 1.82) is 0 Å². The first kappa shape index (κ1) is 15.2. The maximum Gasteiger partial charge on any atom is 0.191 e. The highest BCUT2D eigenvalue weighted by molar-refractivity contribution is 7.80. The molecule has 0 unspecified atom stereocenters. The highest BCUT2D eigenvalue weighted by atomic mass is 32.1. The van der Waals surface area contributed by atoms with Crippen LogP contribution >= 0.6 is 12.2 Å². The van der Waals surface area contributed by atoms with Gasteiger partial charge in [-0.3, -0.25) is 5.43 Å². The van der Waals surface area contributed by atoms with E-state index in [-0.39, 0.29) is 0 Å². The summed E-state index contributed by atoms with van der Waals surface area (Å²) in [7, 11) is 0. The molecule has 114 valence electrons. The fraction of sp³-hybridized carbons (Fsp3) is 0.0526. The smallest absolute Gasteiger partial charge is 0.191 e. The molecule has 0 aliphatic carbocycles. The summed E-state index contributed by atoms with van der Waals surface area (Å²) in [4.78, 5) is 0. The fourth-order valence-corrected chi connectivity index (χ4v) is 2.42. The van der Waals surface area contributed by atoms with E-state index in [4.69, 9.17) is 12.2 Å². The molecule has 3 aromatic rings. The summed E-state index contributed by atoms with van der Waals surface area (Å²) in [6.45, 7) is 2.05. The standard InChI is InChI=1S/C19H17N3S/c1-14-6-10-18(11-7-14)21-19(23)22-20-13-15-8-9-16-4-2-3-5-17(16)12-15/h2-13H,1H3,(H2,21,22,23)/b20-13+. The Kier molecular flexibility index (Phi) is 4.64. The molecule has 0 aromatic heterocycles. The second-order valence-corrected chi connectivity index (χ2v) is 5.70.